The molecular formula is C11H23NO2. The molecule has 14 heavy (non-hydrogen) atoms. The molecule has 1 unspecified atom stereocenters. The Hall–Kier alpha value is -0.120. The molecule has 1 aliphatic heterocycles. The van der Waals surface area contributed by atoms with Crippen molar-refractivity contribution in [3.05, 3.63) is 0 Å². The van der Waals surface area contributed by atoms with Crippen molar-refractivity contribution >= 4 is 0 Å². The summed E-state index contributed by atoms with van der Waals surface area (Å²) in [5, 5.41) is 12.4. The average molecular weight is 201 g/mol. The van der Waals surface area contributed by atoms with Gasteiger partial charge in [-0.05, 0) is 39.5 Å². The Morgan fingerprint density at radius 2 is 2.07 bits per heavy atom. The fraction of sp³-hybridized carbons (Fsp3) is 1.00. The lowest BCUT2D eigenvalue weighted by Gasteiger charge is -2.37. The van der Waals surface area contributed by atoms with Crippen LogP contribution in [0, 0.1) is 0 Å². The van der Waals surface area contributed by atoms with Crippen molar-refractivity contribution in [3.8, 4) is 0 Å². The van der Waals surface area contributed by atoms with Gasteiger partial charge in [0.1, 0.15) is 0 Å². The summed E-state index contributed by atoms with van der Waals surface area (Å²) in [6.07, 6.45) is 4.13. The van der Waals surface area contributed by atoms with Crippen molar-refractivity contribution in [2.75, 3.05) is 19.8 Å². The normalized spacial score (nSPS) is 23.4. The second kappa shape index (κ2) is 5.69. The molecule has 1 fully saturated rings. The highest BCUT2D eigenvalue weighted by atomic mass is 16.5. The van der Waals surface area contributed by atoms with Crippen LogP contribution in [0.5, 0.6) is 0 Å². The van der Waals surface area contributed by atoms with E-state index in [0.717, 1.165) is 38.9 Å². The molecule has 0 aliphatic carbocycles. The standard InChI is InChI=1S/C11H23NO2/c1-10(4-3-7-13)12-11(2)5-8-14-9-6-11/h10,12-13H,3-9H2,1-2H3. The third-order valence-electron chi connectivity index (χ3n) is 2.99. The molecule has 0 aromatic rings. The highest BCUT2D eigenvalue weighted by Crippen LogP contribution is 2.20. The molecule has 3 nitrogen and oxygen atoms in total. The SMILES string of the molecule is CC(CCCO)NC1(C)CCOCC1. The van der Waals surface area contributed by atoms with Crippen LogP contribution in [0.25, 0.3) is 0 Å². The van der Waals surface area contributed by atoms with Gasteiger partial charge in [-0.3, -0.25) is 0 Å². The summed E-state index contributed by atoms with van der Waals surface area (Å²) in [6.45, 7) is 6.50. The van der Waals surface area contributed by atoms with Gasteiger partial charge in [-0.2, -0.15) is 0 Å². The van der Waals surface area contributed by atoms with E-state index in [-0.39, 0.29) is 5.54 Å². The molecule has 0 amide bonds. The Labute approximate surface area is 86.8 Å². The Balaban J connectivity index is 2.25. The predicted molar refractivity (Wildman–Crippen MR) is 57.4 cm³/mol. The minimum Gasteiger partial charge on any atom is -0.396 e. The lowest BCUT2D eigenvalue weighted by molar-refractivity contribution is 0.0406. The molecule has 84 valence electrons. The number of aliphatic hydroxyl groups is 1. The van der Waals surface area contributed by atoms with Gasteiger partial charge in [0.25, 0.3) is 0 Å². The summed E-state index contributed by atoms with van der Waals surface area (Å²) in [5.74, 6) is 0. The maximum absolute atomic E-state index is 8.74. The van der Waals surface area contributed by atoms with Crippen molar-refractivity contribution in [2.24, 2.45) is 0 Å². The van der Waals surface area contributed by atoms with Crippen LogP contribution >= 0.6 is 0 Å². The third-order valence-corrected chi connectivity index (χ3v) is 2.99. The first-order valence-electron chi connectivity index (χ1n) is 5.62. The Morgan fingerprint density at radius 1 is 1.43 bits per heavy atom. The van der Waals surface area contributed by atoms with Gasteiger partial charge in [0, 0.05) is 31.4 Å². The van der Waals surface area contributed by atoms with Crippen LogP contribution < -0.4 is 5.32 Å². The summed E-state index contributed by atoms with van der Waals surface area (Å²) in [6, 6.07) is 0.491. The van der Waals surface area contributed by atoms with Gasteiger partial charge < -0.3 is 15.2 Å². The monoisotopic (exact) mass is 201 g/mol. The first-order valence-corrected chi connectivity index (χ1v) is 5.62. The number of hydrogen-bond acceptors (Lipinski definition) is 3. The van der Waals surface area contributed by atoms with Crippen LogP contribution in [-0.2, 0) is 4.74 Å². The quantitative estimate of drug-likeness (QED) is 0.704. The lowest BCUT2D eigenvalue weighted by atomic mass is 9.91. The van der Waals surface area contributed by atoms with Gasteiger partial charge in [0.15, 0.2) is 0 Å². The highest BCUT2D eigenvalue weighted by Gasteiger charge is 2.27. The van der Waals surface area contributed by atoms with E-state index < -0.39 is 0 Å². The van der Waals surface area contributed by atoms with Gasteiger partial charge in [0.2, 0.25) is 0 Å². The van der Waals surface area contributed by atoms with E-state index in [0.29, 0.717) is 12.6 Å². The van der Waals surface area contributed by atoms with E-state index in [9.17, 15) is 0 Å². The minimum atomic E-state index is 0.243. The zero-order valence-corrected chi connectivity index (χ0v) is 9.38. The minimum absolute atomic E-state index is 0.243. The summed E-state index contributed by atoms with van der Waals surface area (Å²) in [4.78, 5) is 0. The molecular weight excluding hydrogens is 178 g/mol. The van der Waals surface area contributed by atoms with Crippen molar-refractivity contribution in [1.29, 1.82) is 0 Å². The fourth-order valence-corrected chi connectivity index (χ4v) is 2.03. The average Bonchev–Trinajstić information content (AvgIpc) is 2.15. The molecule has 1 heterocycles. The second-order valence-electron chi connectivity index (χ2n) is 4.58. The van der Waals surface area contributed by atoms with Gasteiger partial charge in [-0.1, -0.05) is 0 Å². The van der Waals surface area contributed by atoms with Gasteiger partial charge in [0.05, 0.1) is 0 Å². The van der Waals surface area contributed by atoms with Gasteiger partial charge in [-0.25, -0.2) is 0 Å². The molecule has 1 rings (SSSR count). The molecule has 3 heteroatoms. The maximum atomic E-state index is 8.74. The molecule has 0 radical (unpaired) electrons. The number of aliphatic hydroxyl groups excluding tert-OH is 1. The Morgan fingerprint density at radius 3 is 2.64 bits per heavy atom. The van der Waals surface area contributed by atoms with Crippen LogP contribution in [0.15, 0.2) is 0 Å². The van der Waals surface area contributed by atoms with Crippen LogP contribution in [-0.4, -0.2) is 36.5 Å². The molecule has 1 aliphatic rings. The fourth-order valence-electron chi connectivity index (χ4n) is 2.03. The molecule has 1 atom stereocenters. The van der Waals surface area contributed by atoms with E-state index in [1.165, 1.54) is 0 Å². The summed E-state index contributed by atoms with van der Waals surface area (Å²) >= 11 is 0. The number of rotatable bonds is 5. The Bertz CT molecular complexity index is 155. The van der Waals surface area contributed by atoms with Crippen molar-refractivity contribution in [2.45, 2.75) is 51.1 Å². The number of nitrogens with one attached hydrogen (secondary N) is 1. The second-order valence-corrected chi connectivity index (χ2v) is 4.58. The summed E-state index contributed by atoms with van der Waals surface area (Å²) < 4.78 is 5.35. The zero-order valence-electron chi connectivity index (χ0n) is 9.38. The molecule has 0 saturated carbocycles. The molecule has 1 saturated heterocycles. The molecule has 0 spiro atoms. The van der Waals surface area contributed by atoms with Gasteiger partial charge in [-0.15, -0.1) is 0 Å². The number of hydrogen-bond donors (Lipinski definition) is 2. The van der Waals surface area contributed by atoms with Crippen molar-refractivity contribution in [3.63, 3.8) is 0 Å². The molecule has 0 aromatic heterocycles. The largest absolute Gasteiger partial charge is 0.396 e. The van der Waals surface area contributed by atoms with Crippen LogP contribution in [0.1, 0.15) is 39.5 Å². The van der Waals surface area contributed by atoms with Gasteiger partial charge >= 0.3 is 0 Å². The van der Waals surface area contributed by atoms with E-state index in [4.69, 9.17) is 9.84 Å². The van der Waals surface area contributed by atoms with E-state index in [1.807, 2.05) is 0 Å². The molecule has 0 bridgehead atoms. The molecule has 0 aromatic carbocycles. The lowest BCUT2D eigenvalue weighted by Crippen LogP contribution is -2.50. The summed E-state index contributed by atoms with van der Waals surface area (Å²) in [7, 11) is 0. The number of ether oxygens (including phenoxy) is 1. The van der Waals surface area contributed by atoms with Crippen molar-refractivity contribution < 1.29 is 9.84 Å². The predicted octanol–water partition coefficient (Wildman–Crippen LogP) is 1.31. The van der Waals surface area contributed by atoms with Crippen LogP contribution in [0.3, 0.4) is 0 Å². The third kappa shape index (κ3) is 3.95. The highest BCUT2D eigenvalue weighted by molar-refractivity contribution is 4.87. The van der Waals surface area contributed by atoms with E-state index in [1.54, 1.807) is 0 Å². The maximum Gasteiger partial charge on any atom is 0.0483 e. The smallest absolute Gasteiger partial charge is 0.0483 e. The van der Waals surface area contributed by atoms with Crippen LogP contribution in [0.4, 0.5) is 0 Å². The van der Waals surface area contributed by atoms with E-state index in [2.05, 4.69) is 19.2 Å². The zero-order chi connectivity index (χ0) is 10.4. The van der Waals surface area contributed by atoms with Crippen LogP contribution in [0.2, 0.25) is 0 Å². The first kappa shape index (κ1) is 12.0. The van der Waals surface area contributed by atoms with E-state index >= 15 is 0 Å². The van der Waals surface area contributed by atoms with Crippen molar-refractivity contribution in [1.82, 2.24) is 5.32 Å². The Kier molecular flexibility index (Phi) is 4.85. The first-order chi connectivity index (χ1) is 6.66. The topological polar surface area (TPSA) is 41.5 Å². The summed E-state index contributed by atoms with van der Waals surface area (Å²) in [5.41, 5.74) is 0.243. The molecule has 2 N–H and O–H groups in total.